The number of para-hydroxylation sites is 1. The van der Waals surface area contributed by atoms with Crippen LogP contribution < -0.4 is 0 Å². The summed E-state index contributed by atoms with van der Waals surface area (Å²) in [4.78, 5) is 32.5. The molecule has 0 spiro atoms. The van der Waals surface area contributed by atoms with Crippen molar-refractivity contribution < 1.29 is 4.79 Å². The van der Waals surface area contributed by atoms with Gasteiger partial charge in [-0.1, -0.05) is 12.1 Å². The lowest BCUT2D eigenvalue weighted by atomic mass is 9.91. The number of amides is 1. The number of piperidine rings is 1. The number of carbonyl (C=O) groups excluding carboxylic acids is 1. The highest BCUT2D eigenvalue weighted by Crippen LogP contribution is 2.30. The van der Waals surface area contributed by atoms with E-state index in [-0.39, 0.29) is 5.91 Å². The van der Waals surface area contributed by atoms with Crippen LogP contribution in [0.2, 0.25) is 0 Å². The summed E-state index contributed by atoms with van der Waals surface area (Å²) in [6.45, 7) is 3.59. The molecule has 6 nitrogen and oxygen atoms in total. The summed E-state index contributed by atoms with van der Waals surface area (Å²) in [5.41, 5.74) is 5.22. The molecule has 1 aliphatic rings. The predicted molar refractivity (Wildman–Crippen MR) is 126 cm³/mol. The van der Waals surface area contributed by atoms with E-state index in [0.29, 0.717) is 18.8 Å². The van der Waals surface area contributed by atoms with Gasteiger partial charge in [-0.2, -0.15) is 0 Å². The Hall–Kier alpha value is -3.19. The van der Waals surface area contributed by atoms with E-state index in [2.05, 4.69) is 33.2 Å². The van der Waals surface area contributed by atoms with Crippen molar-refractivity contribution in [3.63, 3.8) is 0 Å². The van der Waals surface area contributed by atoms with Crippen molar-refractivity contribution in [1.82, 2.24) is 24.8 Å². The Morgan fingerprint density at radius 1 is 1.06 bits per heavy atom. The minimum Gasteiger partial charge on any atom is -0.343 e. The van der Waals surface area contributed by atoms with Crippen LogP contribution in [0.1, 0.15) is 41.6 Å². The van der Waals surface area contributed by atoms with Crippen LogP contribution >= 0.6 is 11.3 Å². The van der Waals surface area contributed by atoms with Crippen molar-refractivity contribution in [3.05, 3.63) is 71.5 Å². The molecular formula is C25H25N5OS. The summed E-state index contributed by atoms with van der Waals surface area (Å²) in [6, 6.07) is 12.4. The fourth-order valence-electron chi connectivity index (χ4n) is 4.34. The molecule has 1 aliphatic heterocycles. The molecule has 32 heavy (non-hydrogen) atoms. The molecule has 0 N–H and O–H groups in total. The Morgan fingerprint density at radius 3 is 2.62 bits per heavy atom. The first-order chi connectivity index (χ1) is 15.7. The van der Waals surface area contributed by atoms with Gasteiger partial charge in [0.15, 0.2) is 0 Å². The molecule has 0 atom stereocenters. The lowest BCUT2D eigenvalue weighted by Crippen LogP contribution is -2.38. The predicted octanol–water partition coefficient (Wildman–Crippen LogP) is 4.80. The van der Waals surface area contributed by atoms with Crippen molar-refractivity contribution in [2.45, 2.75) is 38.5 Å². The molecule has 1 amide bonds. The maximum absolute atomic E-state index is 12.8. The summed E-state index contributed by atoms with van der Waals surface area (Å²) in [5.74, 6) is 0.591. The number of likely N-dealkylation sites (tertiary alicyclic amines) is 1. The van der Waals surface area contributed by atoms with Gasteiger partial charge in [0.05, 0.1) is 15.2 Å². The van der Waals surface area contributed by atoms with Crippen LogP contribution in [0, 0.1) is 6.92 Å². The number of nitrogens with zero attached hydrogens (tertiary/aromatic N) is 5. The van der Waals surface area contributed by atoms with E-state index in [9.17, 15) is 4.79 Å². The molecule has 1 fully saturated rings. The Kier molecular flexibility index (Phi) is 5.90. The maximum Gasteiger partial charge on any atom is 0.222 e. The molecule has 0 radical (unpaired) electrons. The van der Waals surface area contributed by atoms with Gasteiger partial charge in [0.1, 0.15) is 6.33 Å². The van der Waals surface area contributed by atoms with E-state index in [0.717, 1.165) is 59.0 Å². The Balaban J connectivity index is 1.19. The van der Waals surface area contributed by atoms with Crippen LogP contribution in [0.15, 0.2) is 55.1 Å². The highest BCUT2D eigenvalue weighted by atomic mass is 32.1. The van der Waals surface area contributed by atoms with Gasteiger partial charge in [-0.05, 0) is 49.6 Å². The minimum atomic E-state index is 0.224. The number of hydrogen-bond acceptors (Lipinski definition) is 6. The third kappa shape index (κ3) is 4.53. The van der Waals surface area contributed by atoms with Crippen molar-refractivity contribution >= 4 is 27.5 Å². The van der Waals surface area contributed by atoms with Crippen molar-refractivity contribution in [2.24, 2.45) is 0 Å². The number of rotatable bonds is 5. The molecule has 3 aromatic heterocycles. The first-order valence-corrected chi connectivity index (χ1v) is 11.8. The average molecular weight is 444 g/mol. The summed E-state index contributed by atoms with van der Waals surface area (Å²) in [5, 5.41) is 1.04. The van der Waals surface area contributed by atoms with Crippen LogP contribution in [-0.2, 0) is 11.2 Å². The average Bonchev–Trinajstić information content (AvgIpc) is 3.26. The van der Waals surface area contributed by atoms with E-state index in [1.54, 1.807) is 17.7 Å². The molecule has 162 valence electrons. The van der Waals surface area contributed by atoms with Crippen LogP contribution in [0.4, 0.5) is 0 Å². The molecule has 1 saturated heterocycles. The first kappa shape index (κ1) is 20.7. The number of fused-ring (bicyclic) bond motifs is 1. The van der Waals surface area contributed by atoms with E-state index < -0.39 is 0 Å². The zero-order valence-corrected chi connectivity index (χ0v) is 18.9. The molecule has 5 rings (SSSR count). The lowest BCUT2D eigenvalue weighted by Gasteiger charge is -2.32. The topological polar surface area (TPSA) is 71.9 Å². The smallest absolute Gasteiger partial charge is 0.222 e. The highest BCUT2D eigenvalue weighted by Gasteiger charge is 2.25. The number of carbonyl (C=O) groups is 1. The van der Waals surface area contributed by atoms with E-state index in [1.165, 1.54) is 4.70 Å². The molecule has 7 heteroatoms. The molecule has 1 aromatic carbocycles. The number of pyridine rings is 1. The van der Waals surface area contributed by atoms with Crippen LogP contribution in [0.5, 0.6) is 0 Å². The second kappa shape index (κ2) is 9.12. The Morgan fingerprint density at radius 2 is 1.84 bits per heavy atom. The van der Waals surface area contributed by atoms with Gasteiger partial charge < -0.3 is 4.90 Å². The van der Waals surface area contributed by atoms with Gasteiger partial charge in [-0.15, -0.1) is 11.3 Å². The third-order valence-corrected chi connectivity index (χ3v) is 7.12. The molecule has 4 aromatic rings. The number of aromatic nitrogens is 4. The van der Waals surface area contributed by atoms with Gasteiger partial charge in [0, 0.05) is 61.2 Å². The highest BCUT2D eigenvalue weighted by molar-refractivity contribution is 7.18. The third-order valence-electron chi connectivity index (χ3n) is 6.02. The summed E-state index contributed by atoms with van der Waals surface area (Å²) in [6.07, 6.45) is 8.31. The SMILES string of the molecule is Cc1cc(-c2cncnc2)cc(C2CCN(C(=O)CCc3nc4ccccc4s3)CC2)n1. The van der Waals surface area contributed by atoms with Crippen LogP contribution in [0.3, 0.4) is 0 Å². The van der Waals surface area contributed by atoms with Crippen molar-refractivity contribution in [3.8, 4) is 11.1 Å². The summed E-state index contributed by atoms with van der Waals surface area (Å²) >= 11 is 1.69. The molecule has 0 bridgehead atoms. The van der Waals surface area contributed by atoms with E-state index >= 15 is 0 Å². The molecule has 4 heterocycles. The van der Waals surface area contributed by atoms with Crippen LogP contribution in [-0.4, -0.2) is 43.8 Å². The quantitative estimate of drug-likeness (QED) is 0.443. The number of thiazole rings is 1. The summed E-state index contributed by atoms with van der Waals surface area (Å²) < 4.78 is 1.18. The van der Waals surface area contributed by atoms with Gasteiger partial charge in [-0.25, -0.2) is 15.0 Å². The van der Waals surface area contributed by atoms with Gasteiger partial charge >= 0.3 is 0 Å². The first-order valence-electron chi connectivity index (χ1n) is 11.0. The Bertz CT molecular complexity index is 1200. The van der Waals surface area contributed by atoms with Gasteiger partial charge in [-0.3, -0.25) is 9.78 Å². The fourth-order valence-corrected chi connectivity index (χ4v) is 5.31. The fraction of sp³-hybridized carbons (Fsp3) is 0.320. The molecule has 0 aliphatic carbocycles. The summed E-state index contributed by atoms with van der Waals surface area (Å²) in [7, 11) is 0. The number of benzene rings is 1. The Labute approximate surface area is 191 Å². The van der Waals surface area contributed by atoms with E-state index in [1.807, 2.05) is 42.4 Å². The molecule has 0 saturated carbocycles. The van der Waals surface area contributed by atoms with Crippen molar-refractivity contribution in [2.75, 3.05) is 13.1 Å². The zero-order chi connectivity index (χ0) is 21.9. The normalized spacial score (nSPS) is 14.7. The zero-order valence-electron chi connectivity index (χ0n) is 18.1. The maximum atomic E-state index is 12.8. The minimum absolute atomic E-state index is 0.224. The van der Waals surface area contributed by atoms with Gasteiger partial charge in [0.25, 0.3) is 0 Å². The van der Waals surface area contributed by atoms with Crippen molar-refractivity contribution in [1.29, 1.82) is 0 Å². The number of aryl methyl sites for hydroxylation is 2. The monoisotopic (exact) mass is 443 g/mol. The number of hydrogen-bond donors (Lipinski definition) is 0. The second-order valence-electron chi connectivity index (χ2n) is 8.28. The lowest BCUT2D eigenvalue weighted by molar-refractivity contribution is -0.132. The molecular weight excluding hydrogens is 418 g/mol. The van der Waals surface area contributed by atoms with Crippen LogP contribution in [0.25, 0.3) is 21.3 Å². The molecule has 0 unspecified atom stereocenters. The second-order valence-corrected chi connectivity index (χ2v) is 9.39. The van der Waals surface area contributed by atoms with E-state index in [4.69, 9.17) is 4.98 Å². The standard InChI is InChI=1S/C25H25N5OS/c1-17-12-19(20-14-26-16-27-15-20)13-22(28-17)18-8-10-30(11-9-18)25(31)7-6-24-29-21-4-2-3-5-23(21)32-24/h2-5,12-16,18H,6-11H2,1H3. The van der Waals surface area contributed by atoms with Gasteiger partial charge in [0.2, 0.25) is 5.91 Å². The largest absolute Gasteiger partial charge is 0.343 e.